The molecule has 94 valence electrons. The second kappa shape index (κ2) is 2.99. The van der Waals surface area contributed by atoms with E-state index in [0.29, 0.717) is 5.11 Å². The van der Waals surface area contributed by atoms with Gasteiger partial charge >= 0.3 is 0 Å². The number of amides is 1. The molecule has 2 unspecified atom stereocenters. The van der Waals surface area contributed by atoms with Gasteiger partial charge in [0.15, 0.2) is 5.11 Å². The summed E-state index contributed by atoms with van der Waals surface area (Å²) in [4.78, 5) is 16.4. The highest BCUT2D eigenvalue weighted by atomic mass is 32.2. The molecule has 0 aliphatic carbocycles. The summed E-state index contributed by atoms with van der Waals surface area (Å²) >= 11 is 7.39. The van der Waals surface area contributed by atoms with Gasteiger partial charge in [-0.1, -0.05) is 6.92 Å². The van der Waals surface area contributed by atoms with Crippen molar-refractivity contribution in [1.82, 2.24) is 9.80 Å². The maximum atomic E-state index is 12.5. The molecule has 1 amide bonds. The first kappa shape index (κ1) is 11.8. The van der Waals surface area contributed by atoms with E-state index in [1.165, 1.54) is 0 Å². The molecule has 3 aliphatic rings. The van der Waals surface area contributed by atoms with Crippen molar-refractivity contribution in [2.24, 2.45) is 10.8 Å². The van der Waals surface area contributed by atoms with E-state index >= 15 is 0 Å². The van der Waals surface area contributed by atoms with Gasteiger partial charge in [-0.2, -0.15) is 0 Å². The maximum absolute atomic E-state index is 12.5. The Morgan fingerprint density at radius 1 is 1.35 bits per heavy atom. The molecule has 3 fully saturated rings. The quantitative estimate of drug-likeness (QED) is 0.628. The Balaban J connectivity index is 2.18. The van der Waals surface area contributed by atoms with E-state index < -0.39 is 0 Å². The van der Waals surface area contributed by atoms with Gasteiger partial charge in [0.05, 0.1) is 5.41 Å². The van der Waals surface area contributed by atoms with E-state index in [2.05, 4.69) is 25.7 Å². The number of thiocarbonyl (C=S) groups is 1. The molecule has 3 nitrogen and oxygen atoms in total. The average Bonchev–Trinajstić information content (AvgIpc) is 2.46. The van der Waals surface area contributed by atoms with Gasteiger partial charge in [0, 0.05) is 24.8 Å². The lowest BCUT2D eigenvalue weighted by Crippen LogP contribution is -2.75. The minimum Gasteiger partial charge on any atom is -0.332 e. The smallest absolute Gasteiger partial charge is 0.237 e. The maximum Gasteiger partial charge on any atom is 0.237 e. The molecule has 0 saturated carbocycles. The van der Waals surface area contributed by atoms with Crippen LogP contribution < -0.4 is 0 Å². The van der Waals surface area contributed by atoms with Crippen molar-refractivity contribution in [3.63, 3.8) is 0 Å². The van der Waals surface area contributed by atoms with Gasteiger partial charge in [0.2, 0.25) is 5.91 Å². The number of rotatable bonds is 0. The Hall–Kier alpha value is -0.290. The molecule has 17 heavy (non-hydrogen) atoms. The summed E-state index contributed by atoms with van der Waals surface area (Å²) < 4.78 is 0. The molecule has 0 aromatic heterocycles. The molecule has 3 rings (SSSR count). The van der Waals surface area contributed by atoms with E-state index in [1.54, 1.807) is 11.9 Å². The Bertz CT molecular complexity index is 436. The van der Waals surface area contributed by atoms with Crippen LogP contribution in [0.2, 0.25) is 0 Å². The zero-order chi connectivity index (χ0) is 12.6. The minimum atomic E-state index is -0.363. The number of carbonyl (C=O) groups is 1. The molecule has 5 heteroatoms. The normalized spacial score (nSPS) is 43.3. The van der Waals surface area contributed by atoms with Crippen LogP contribution in [0.4, 0.5) is 0 Å². The summed E-state index contributed by atoms with van der Waals surface area (Å²) in [6.45, 7) is 7.46. The van der Waals surface area contributed by atoms with Crippen LogP contribution in [0.25, 0.3) is 0 Å². The number of carbonyl (C=O) groups excluding carboxylic acids is 1. The lowest BCUT2D eigenvalue weighted by atomic mass is 9.67. The van der Waals surface area contributed by atoms with Gasteiger partial charge in [-0.15, -0.1) is 11.8 Å². The molecule has 0 aromatic rings. The van der Waals surface area contributed by atoms with E-state index in [1.807, 2.05) is 11.8 Å². The largest absolute Gasteiger partial charge is 0.332 e. The van der Waals surface area contributed by atoms with E-state index in [-0.39, 0.29) is 21.6 Å². The van der Waals surface area contributed by atoms with Crippen molar-refractivity contribution < 1.29 is 4.79 Å². The zero-order valence-electron chi connectivity index (χ0n) is 10.7. The first-order valence-corrected chi connectivity index (χ1v) is 7.41. The summed E-state index contributed by atoms with van der Waals surface area (Å²) in [6.07, 6.45) is 1.14. The van der Waals surface area contributed by atoms with Crippen molar-refractivity contribution in [3.05, 3.63) is 0 Å². The highest BCUT2D eigenvalue weighted by molar-refractivity contribution is 8.02. The van der Waals surface area contributed by atoms with Crippen LogP contribution >= 0.6 is 24.0 Å². The second-order valence-corrected chi connectivity index (χ2v) is 7.70. The van der Waals surface area contributed by atoms with Gasteiger partial charge in [-0.25, -0.2) is 0 Å². The molecule has 3 heterocycles. The number of hydrogen-bond acceptors (Lipinski definition) is 3. The standard InChI is InChI=1S/C12H18N2OS2/c1-10(2)8(15)13(4)9(16)14-6-5-11(3)7-17-12(10,11)14/h5-7H2,1-4H3. The van der Waals surface area contributed by atoms with Crippen LogP contribution in [0.5, 0.6) is 0 Å². The molecule has 0 radical (unpaired) electrons. The van der Waals surface area contributed by atoms with Crippen LogP contribution in [0, 0.1) is 10.8 Å². The van der Waals surface area contributed by atoms with Gasteiger partial charge in [0.1, 0.15) is 4.87 Å². The molecule has 1 spiro atoms. The SMILES string of the molecule is CN1C(=O)C(C)(C)C23SCC2(C)CCN3C1=S. The first-order valence-electron chi connectivity index (χ1n) is 6.02. The van der Waals surface area contributed by atoms with Crippen molar-refractivity contribution in [1.29, 1.82) is 0 Å². The van der Waals surface area contributed by atoms with Gasteiger partial charge < -0.3 is 4.90 Å². The van der Waals surface area contributed by atoms with Crippen molar-refractivity contribution in [2.75, 3.05) is 19.3 Å². The molecular weight excluding hydrogens is 252 g/mol. The fourth-order valence-electron chi connectivity index (χ4n) is 3.95. The third-order valence-corrected chi connectivity index (χ3v) is 7.81. The summed E-state index contributed by atoms with van der Waals surface area (Å²) in [5, 5.41) is 0.713. The average molecular weight is 270 g/mol. The van der Waals surface area contributed by atoms with E-state index in [4.69, 9.17) is 12.2 Å². The molecule has 0 aromatic carbocycles. The summed E-state index contributed by atoms with van der Waals surface area (Å²) in [5.74, 6) is 1.31. The Morgan fingerprint density at radius 3 is 2.53 bits per heavy atom. The molecule has 0 N–H and O–H groups in total. The van der Waals surface area contributed by atoms with Crippen LogP contribution in [-0.4, -0.2) is 45.0 Å². The lowest BCUT2D eigenvalue weighted by molar-refractivity contribution is -0.146. The number of nitrogens with zero attached hydrogens (tertiary/aromatic N) is 2. The summed E-state index contributed by atoms with van der Waals surface area (Å²) in [5.41, 5.74) is -0.125. The fraction of sp³-hybridized carbons (Fsp3) is 0.833. The Kier molecular flexibility index (Phi) is 2.07. The van der Waals surface area contributed by atoms with Crippen LogP contribution in [-0.2, 0) is 4.79 Å². The first-order chi connectivity index (χ1) is 7.78. The summed E-state index contributed by atoms with van der Waals surface area (Å²) in [6, 6.07) is 0. The molecular formula is C12H18N2OS2. The third kappa shape index (κ3) is 0.987. The molecule has 2 atom stereocenters. The minimum absolute atomic E-state index is 0.0966. The number of thioether (sulfide) groups is 1. The van der Waals surface area contributed by atoms with Crippen LogP contribution in [0.1, 0.15) is 27.2 Å². The van der Waals surface area contributed by atoms with Crippen molar-refractivity contribution >= 4 is 35.0 Å². The highest BCUT2D eigenvalue weighted by Crippen LogP contribution is 2.71. The van der Waals surface area contributed by atoms with Gasteiger partial charge in [0.25, 0.3) is 0 Å². The van der Waals surface area contributed by atoms with Gasteiger partial charge in [-0.3, -0.25) is 9.69 Å². The molecule has 3 saturated heterocycles. The highest BCUT2D eigenvalue weighted by Gasteiger charge is 2.75. The fourth-order valence-corrected chi connectivity index (χ4v) is 6.26. The van der Waals surface area contributed by atoms with Gasteiger partial charge in [-0.05, 0) is 32.5 Å². The van der Waals surface area contributed by atoms with Crippen LogP contribution in [0.3, 0.4) is 0 Å². The van der Waals surface area contributed by atoms with E-state index in [0.717, 1.165) is 18.7 Å². The van der Waals surface area contributed by atoms with Crippen LogP contribution in [0.15, 0.2) is 0 Å². The summed E-state index contributed by atoms with van der Waals surface area (Å²) in [7, 11) is 1.80. The van der Waals surface area contributed by atoms with Crippen molar-refractivity contribution in [3.8, 4) is 0 Å². The van der Waals surface area contributed by atoms with E-state index in [9.17, 15) is 4.79 Å². The predicted molar refractivity (Wildman–Crippen MR) is 73.8 cm³/mol. The third-order valence-electron chi connectivity index (χ3n) is 4.89. The Labute approximate surface area is 112 Å². The number of hydrogen-bond donors (Lipinski definition) is 0. The molecule has 0 bridgehead atoms. The lowest BCUT2D eigenvalue weighted by Gasteiger charge is -2.66. The zero-order valence-corrected chi connectivity index (χ0v) is 12.4. The molecule has 3 aliphatic heterocycles. The Morgan fingerprint density at radius 2 is 2.00 bits per heavy atom. The topological polar surface area (TPSA) is 23.6 Å². The monoisotopic (exact) mass is 270 g/mol. The second-order valence-electron chi connectivity index (χ2n) is 6.17. The predicted octanol–water partition coefficient (Wildman–Crippen LogP) is 1.92. The van der Waals surface area contributed by atoms with Crippen molar-refractivity contribution in [2.45, 2.75) is 32.1 Å².